The smallest absolute Gasteiger partial charge is 0.204 e. The lowest BCUT2D eigenvalue weighted by Gasteiger charge is -2.08. The van der Waals surface area contributed by atoms with Gasteiger partial charge in [0.25, 0.3) is 0 Å². The van der Waals surface area contributed by atoms with Crippen molar-refractivity contribution >= 4 is 21.6 Å². The van der Waals surface area contributed by atoms with Crippen molar-refractivity contribution < 1.29 is 4.39 Å². The number of halogens is 2. The average Bonchev–Trinajstić information content (AvgIpc) is 2.29. The summed E-state index contributed by atoms with van der Waals surface area (Å²) < 4.78 is 16.0. The zero-order chi connectivity index (χ0) is 12.4. The Labute approximate surface area is 106 Å². The van der Waals surface area contributed by atoms with Gasteiger partial charge in [0.05, 0.1) is 12.2 Å². The van der Waals surface area contributed by atoms with Crippen molar-refractivity contribution in [2.45, 2.75) is 6.54 Å². The van der Waals surface area contributed by atoms with Gasteiger partial charge >= 0.3 is 0 Å². The van der Waals surface area contributed by atoms with Gasteiger partial charge < -0.3 is 10.3 Å². The molecular formula is C12H10BrFN2O. The second-order valence-electron chi connectivity index (χ2n) is 3.67. The molecule has 0 atom stereocenters. The van der Waals surface area contributed by atoms with Crippen LogP contribution in [0.4, 0.5) is 10.1 Å². The molecule has 0 saturated carbocycles. The van der Waals surface area contributed by atoms with Crippen molar-refractivity contribution in [2.75, 3.05) is 5.73 Å². The van der Waals surface area contributed by atoms with E-state index in [1.807, 2.05) is 0 Å². The van der Waals surface area contributed by atoms with Gasteiger partial charge in [-0.1, -0.05) is 15.9 Å². The van der Waals surface area contributed by atoms with Crippen LogP contribution in [0.1, 0.15) is 5.56 Å². The van der Waals surface area contributed by atoms with Crippen LogP contribution >= 0.6 is 15.9 Å². The summed E-state index contributed by atoms with van der Waals surface area (Å²) in [6.45, 7) is 0.329. The molecule has 1 aromatic heterocycles. The quantitative estimate of drug-likeness (QED) is 0.925. The molecule has 0 unspecified atom stereocenters. The number of nitrogens with two attached hydrogens (primary N) is 1. The number of hydrogen-bond acceptors (Lipinski definition) is 2. The Balaban J connectivity index is 2.34. The van der Waals surface area contributed by atoms with Gasteiger partial charge in [-0.2, -0.15) is 0 Å². The van der Waals surface area contributed by atoms with Crippen LogP contribution < -0.4 is 11.2 Å². The van der Waals surface area contributed by atoms with Crippen LogP contribution in [-0.2, 0) is 6.54 Å². The van der Waals surface area contributed by atoms with Gasteiger partial charge in [-0.15, -0.1) is 0 Å². The van der Waals surface area contributed by atoms with E-state index in [2.05, 4.69) is 15.9 Å². The Morgan fingerprint density at radius 2 is 2.12 bits per heavy atom. The van der Waals surface area contributed by atoms with E-state index in [-0.39, 0.29) is 16.9 Å². The topological polar surface area (TPSA) is 48.0 Å². The van der Waals surface area contributed by atoms with E-state index in [0.29, 0.717) is 12.1 Å². The summed E-state index contributed by atoms with van der Waals surface area (Å²) in [5.41, 5.74) is 5.97. The fourth-order valence-corrected chi connectivity index (χ4v) is 1.91. The summed E-state index contributed by atoms with van der Waals surface area (Å²) in [4.78, 5) is 11.1. The predicted molar refractivity (Wildman–Crippen MR) is 68.3 cm³/mol. The highest BCUT2D eigenvalue weighted by atomic mass is 79.9. The number of hydrogen-bond donors (Lipinski definition) is 1. The standard InChI is InChI=1S/C12H10BrFN2O/c13-9-1-2-10(14)8(5-9)6-16-4-3-12(17)11(15)7-16/h1-5,7H,6,15H2. The third-order valence-electron chi connectivity index (χ3n) is 2.37. The van der Waals surface area contributed by atoms with E-state index in [4.69, 9.17) is 5.73 Å². The first-order chi connectivity index (χ1) is 8.06. The summed E-state index contributed by atoms with van der Waals surface area (Å²) in [6, 6.07) is 6.10. The monoisotopic (exact) mass is 296 g/mol. The molecule has 3 nitrogen and oxygen atoms in total. The first-order valence-electron chi connectivity index (χ1n) is 4.96. The number of nitrogen functional groups attached to an aromatic ring is 1. The first kappa shape index (κ1) is 11.9. The molecule has 1 heterocycles. The summed E-state index contributed by atoms with van der Waals surface area (Å²) in [6.07, 6.45) is 3.09. The molecule has 0 amide bonds. The summed E-state index contributed by atoms with van der Waals surface area (Å²) in [5, 5.41) is 0. The van der Waals surface area contributed by atoms with Crippen LogP contribution in [0.25, 0.3) is 0 Å². The number of rotatable bonds is 2. The van der Waals surface area contributed by atoms with Crippen molar-refractivity contribution in [3.63, 3.8) is 0 Å². The zero-order valence-corrected chi connectivity index (χ0v) is 10.4. The van der Waals surface area contributed by atoms with E-state index >= 15 is 0 Å². The van der Waals surface area contributed by atoms with E-state index in [1.54, 1.807) is 22.9 Å². The van der Waals surface area contributed by atoms with E-state index in [1.165, 1.54) is 18.3 Å². The summed E-state index contributed by atoms with van der Waals surface area (Å²) >= 11 is 3.29. The van der Waals surface area contributed by atoms with E-state index < -0.39 is 0 Å². The van der Waals surface area contributed by atoms with Crippen molar-refractivity contribution in [2.24, 2.45) is 0 Å². The zero-order valence-electron chi connectivity index (χ0n) is 8.86. The highest BCUT2D eigenvalue weighted by Crippen LogP contribution is 2.16. The third-order valence-corrected chi connectivity index (χ3v) is 2.86. The lowest BCUT2D eigenvalue weighted by molar-refractivity contribution is 0.598. The molecule has 0 spiro atoms. The third kappa shape index (κ3) is 2.74. The molecule has 0 aliphatic carbocycles. The van der Waals surface area contributed by atoms with Gasteiger partial charge in [-0.3, -0.25) is 4.79 Å². The van der Waals surface area contributed by atoms with Crippen molar-refractivity contribution in [1.82, 2.24) is 4.57 Å². The highest BCUT2D eigenvalue weighted by molar-refractivity contribution is 9.10. The second-order valence-corrected chi connectivity index (χ2v) is 4.59. The Hall–Kier alpha value is -1.62. The molecule has 1 aromatic carbocycles. The molecule has 2 aromatic rings. The van der Waals surface area contributed by atoms with E-state index in [0.717, 1.165) is 4.47 Å². The van der Waals surface area contributed by atoms with Crippen LogP contribution in [0.15, 0.2) is 45.9 Å². The molecular weight excluding hydrogens is 287 g/mol. The van der Waals surface area contributed by atoms with Crippen LogP contribution in [-0.4, -0.2) is 4.57 Å². The minimum atomic E-state index is -0.287. The van der Waals surface area contributed by atoms with Crippen LogP contribution in [0.3, 0.4) is 0 Å². The molecule has 0 radical (unpaired) electrons. The lowest BCUT2D eigenvalue weighted by Crippen LogP contribution is -2.11. The molecule has 2 rings (SSSR count). The minimum absolute atomic E-state index is 0.155. The van der Waals surface area contributed by atoms with Crippen molar-refractivity contribution in [1.29, 1.82) is 0 Å². The molecule has 0 fully saturated rings. The Morgan fingerprint density at radius 3 is 2.82 bits per heavy atom. The maximum atomic E-state index is 13.5. The maximum absolute atomic E-state index is 13.5. The van der Waals surface area contributed by atoms with Crippen LogP contribution in [0.2, 0.25) is 0 Å². The maximum Gasteiger partial charge on any atom is 0.204 e. The number of anilines is 1. The van der Waals surface area contributed by atoms with Crippen molar-refractivity contribution in [3.8, 4) is 0 Å². The SMILES string of the molecule is Nc1cn(Cc2cc(Br)ccc2F)ccc1=O. The van der Waals surface area contributed by atoms with Crippen molar-refractivity contribution in [3.05, 3.63) is 62.7 Å². The van der Waals surface area contributed by atoms with Gasteiger partial charge in [-0.05, 0) is 18.2 Å². The summed E-state index contributed by atoms with van der Waals surface area (Å²) in [7, 11) is 0. The van der Waals surface area contributed by atoms with Crippen LogP contribution in [0.5, 0.6) is 0 Å². The van der Waals surface area contributed by atoms with Gasteiger partial charge in [0.2, 0.25) is 5.43 Å². The Kier molecular flexibility index (Phi) is 3.28. The minimum Gasteiger partial charge on any atom is -0.394 e. The molecule has 0 aliphatic heterocycles. The molecule has 5 heteroatoms. The van der Waals surface area contributed by atoms with Gasteiger partial charge in [0.15, 0.2) is 0 Å². The Morgan fingerprint density at radius 1 is 1.35 bits per heavy atom. The number of aromatic nitrogens is 1. The fraction of sp³-hybridized carbons (Fsp3) is 0.0833. The molecule has 0 bridgehead atoms. The lowest BCUT2D eigenvalue weighted by atomic mass is 10.2. The summed E-state index contributed by atoms with van der Waals surface area (Å²) in [5.74, 6) is -0.287. The van der Waals surface area contributed by atoms with Crippen LogP contribution in [0, 0.1) is 5.82 Å². The highest BCUT2D eigenvalue weighted by Gasteiger charge is 2.04. The van der Waals surface area contributed by atoms with Gasteiger partial charge in [0.1, 0.15) is 5.82 Å². The molecule has 17 heavy (non-hydrogen) atoms. The van der Waals surface area contributed by atoms with E-state index in [9.17, 15) is 9.18 Å². The fourth-order valence-electron chi connectivity index (χ4n) is 1.50. The average molecular weight is 297 g/mol. The Bertz CT molecular complexity index is 610. The van der Waals surface area contributed by atoms with Gasteiger partial charge in [0, 0.05) is 28.5 Å². The number of nitrogens with zero attached hydrogens (tertiary/aromatic N) is 1. The number of benzene rings is 1. The number of pyridine rings is 1. The molecule has 0 saturated heterocycles. The normalized spacial score (nSPS) is 10.5. The second kappa shape index (κ2) is 4.71. The molecule has 0 aliphatic rings. The largest absolute Gasteiger partial charge is 0.394 e. The molecule has 2 N–H and O–H groups in total. The molecule has 88 valence electrons. The van der Waals surface area contributed by atoms with Gasteiger partial charge in [-0.25, -0.2) is 4.39 Å². The first-order valence-corrected chi connectivity index (χ1v) is 5.75. The predicted octanol–water partition coefficient (Wildman–Crippen LogP) is 2.38.